The van der Waals surface area contributed by atoms with Gasteiger partial charge >= 0.3 is 21.5 Å². The van der Waals surface area contributed by atoms with Crippen molar-refractivity contribution < 1.29 is 41.1 Å². The molecular formula is C18H25F3N4O6S2. The number of carboxylic acids is 1. The van der Waals surface area contributed by atoms with E-state index in [9.17, 15) is 41.1 Å². The van der Waals surface area contributed by atoms with Gasteiger partial charge in [-0.25, -0.2) is 17.9 Å². The molecule has 3 aliphatic rings. The molecule has 0 spiro atoms. The first kappa shape index (κ1) is 25.8. The van der Waals surface area contributed by atoms with Crippen LogP contribution in [0.4, 0.5) is 13.2 Å². The Kier molecular flexibility index (Phi) is 6.83. The molecule has 0 bridgehead atoms. The number of thioether (sulfide) groups is 1. The van der Waals surface area contributed by atoms with Crippen molar-refractivity contribution in [1.82, 2.24) is 19.8 Å². The Morgan fingerprint density at radius 1 is 1.33 bits per heavy atom. The van der Waals surface area contributed by atoms with Crippen molar-refractivity contribution in [2.45, 2.75) is 49.2 Å². The number of rotatable bonds is 7. The van der Waals surface area contributed by atoms with Crippen LogP contribution >= 0.6 is 11.8 Å². The average Bonchev–Trinajstić information content (AvgIpc) is 3.22. The highest BCUT2D eigenvalue weighted by atomic mass is 32.2. The third-order valence-corrected chi connectivity index (χ3v) is 8.90. The van der Waals surface area contributed by atoms with E-state index in [0.717, 1.165) is 11.8 Å². The van der Waals surface area contributed by atoms with E-state index in [2.05, 4.69) is 5.32 Å². The SMILES string of the molecule is CC(NS(=O)(=O)C(F)(F)F)[C@H]1C(=O)N2C(C(=O)O)=C(S[C@@H]3CN[C@H](C(=O)N(C)C)C3)[C@H](C)[C@H]12. The molecule has 3 aliphatic heterocycles. The van der Waals surface area contributed by atoms with Gasteiger partial charge in [0, 0.05) is 42.8 Å². The number of carbonyl (C=O) groups is 3. The van der Waals surface area contributed by atoms with Crippen molar-refractivity contribution in [3.8, 4) is 0 Å². The van der Waals surface area contributed by atoms with Gasteiger partial charge < -0.3 is 20.2 Å². The first-order valence-electron chi connectivity index (χ1n) is 10.1. The Morgan fingerprint density at radius 3 is 2.45 bits per heavy atom. The highest BCUT2D eigenvalue weighted by molar-refractivity contribution is 8.03. The number of β-lactam (4-membered cyclic amide) rings is 1. The molecule has 186 valence electrons. The summed E-state index contributed by atoms with van der Waals surface area (Å²) in [7, 11) is -2.42. The number of sulfonamides is 1. The lowest BCUT2D eigenvalue weighted by Crippen LogP contribution is -2.66. The fourth-order valence-electron chi connectivity index (χ4n) is 4.55. The fraction of sp³-hybridized carbons (Fsp3) is 0.722. The standard InChI is InChI=1S/C18H25F3N4O6S2/c1-7-12-11(8(2)23-33(30,31)18(19,20)21)16(27)25(12)13(17(28)29)14(7)32-9-5-10(22-6-9)15(26)24(3)4/h7-12,22-23H,5-6H2,1-4H3,(H,28,29)/t7-,8?,9+,10+,11-,12-/m1/s1. The predicted molar refractivity (Wildman–Crippen MR) is 112 cm³/mol. The van der Waals surface area contributed by atoms with Crippen molar-refractivity contribution in [3.05, 3.63) is 10.6 Å². The molecule has 3 N–H and O–H groups in total. The van der Waals surface area contributed by atoms with Crippen LogP contribution in [0.2, 0.25) is 0 Å². The minimum absolute atomic E-state index is 0.116. The van der Waals surface area contributed by atoms with Crippen LogP contribution in [0.5, 0.6) is 0 Å². The van der Waals surface area contributed by atoms with Crippen molar-refractivity contribution in [2.75, 3.05) is 20.6 Å². The largest absolute Gasteiger partial charge is 0.511 e. The summed E-state index contributed by atoms with van der Waals surface area (Å²) in [5.74, 6) is -3.90. The van der Waals surface area contributed by atoms with Gasteiger partial charge in [0.25, 0.3) is 0 Å². The number of hydrogen-bond acceptors (Lipinski definition) is 7. The minimum atomic E-state index is -5.67. The lowest BCUT2D eigenvalue weighted by Gasteiger charge is -2.47. The smallest absolute Gasteiger partial charge is 0.477 e. The van der Waals surface area contributed by atoms with Crippen LogP contribution < -0.4 is 10.0 Å². The van der Waals surface area contributed by atoms with Gasteiger partial charge in [-0.3, -0.25) is 9.59 Å². The second kappa shape index (κ2) is 8.74. The molecule has 3 heterocycles. The van der Waals surface area contributed by atoms with Crippen LogP contribution in [-0.4, -0.2) is 90.6 Å². The Labute approximate surface area is 193 Å². The van der Waals surface area contributed by atoms with E-state index in [1.54, 1.807) is 21.0 Å². The molecule has 33 heavy (non-hydrogen) atoms. The van der Waals surface area contributed by atoms with E-state index >= 15 is 0 Å². The number of likely N-dealkylation sites (N-methyl/N-ethyl adjacent to an activating group) is 1. The summed E-state index contributed by atoms with van der Waals surface area (Å²) in [6.45, 7) is 3.24. The van der Waals surface area contributed by atoms with Gasteiger partial charge in [-0.05, 0) is 13.3 Å². The van der Waals surface area contributed by atoms with E-state index in [0.29, 0.717) is 17.9 Å². The summed E-state index contributed by atoms with van der Waals surface area (Å²) in [5, 5.41) is 12.7. The van der Waals surface area contributed by atoms with Crippen molar-refractivity contribution in [3.63, 3.8) is 0 Å². The number of fused-ring (bicyclic) bond motifs is 1. The predicted octanol–water partition coefficient (Wildman–Crippen LogP) is 0.139. The lowest BCUT2D eigenvalue weighted by atomic mass is 9.78. The fourth-order valence-corrected chi connectivity index (χ4v) is 6.80. The van der Waals surface area contributed by atoms with Crippen LogP contribution in [0, 0.1) is 11.8 Å². The zero-order valence-corrected chi connectivity index (χ0v) is 19.8. The van der Waals surface area contributed by atoms with Gasteiger partial charge in [0.05, 0.1) is 18.0 Å². The highest BCUT2D eigenvalue weighted by Crippen LogP contribution is 2.52. The molecule has 0 aromatic heterocycles. The number of nitrogens with zero attached hydrogens (tertiary/aromatic N) is 2. The maximum atomic E-state index is 12.7. The topological polar surface area (TPSA) is 136 Å². The van der Waals surface area contributed by atoms with Gasteiger partial charge in [0.2, 0.25) is 11.8 Å². The number of nitrogens with one attached hydrogen (secondary N) is 2. The van der Waals surface area contributed by atoms with E-state index in [1.165, 1.54) is 21.4 Å². The second-order valence-corrected chi connectivity index (χ2v) is 11.6. The molecular weight excluding hydrogens is 489 g/mol. The van der Waals surface area contributed by atoms with Crippen LogP contribution in [0.1, 0.15) is 20.3 Å². The van der Waals surface area contributed by atoms with E-state index in [4.69, 9.17) is 0 Å². The van der Waals surface area contributed by atoms with Gasteiger partial charge in [-0.1, -0.05) is 6.92 Å². The number of carboxylic acid groups (broad SMARTS) is 1. The second-order valence-electron chi connectivity index (χ2n) is 8.56. The summed E-state index contributed by atoms with van der Waals surface area (Å²) in [6.07, 6.45) is 0.439. The Bertz CT molecular complexity index is 1000. The molecule has 0 aliphatic carbocycles. The molecule has 0 aromatic carbocycles. The van der Waals surface area contributed by atoms with Crippen LogP contribution in [0.3, 0.4) is 0 Å². The monoisotopic (exact) mass is 514 g/mol. The van der Waals surface area contributed by atoms with Crippen LogP contribution in [-0.2, 0) is 24.4 Å². The molecule has 0 aromatic rings. The molecule has 1 unspecified atom stereocenters. The normalized spacial score (nSPS) is 30.8. The number of hydrogen-bond donors (Lipinski definition) is 3. The first-order chi connectivity index (χ1) is 15.1. The van der Waals surface area contributed by atoms with E-state index in [-0.39, 0.29) is 16.9 Å². The summed E-state index contributed by atoms with van der Waals surface area (Å²) in [6, 6.07) is -2.60. The number of amides is 2. The van der Waals surface area contributed by atoms with Gasteiger partial charge in [0.1, 0.15) is 5.70 Å². The molecule has 0 radical (unpaired) electrons. The first-order valence-corrected chi connectivity index (χ1v) is 12.4. The minimum Gasteiger partial charge on any atom is -0.477 e. The van der Waals surface area contributed by atoms with Crippen molar-refractivity contribution in [1.29, 1.82) is 0 Å². The molecule has 2 amide bonds. The number of halogens is 3. The summed E-state index contributed by atoms with van der Waals surface area (Å²) in [4.78, 5) is 39.7. The maximum Gasteiger partial charge on any atom is 0.511 e. The molecule has 15 heteroatoms. The third-order valence-electron chi connectivity index (χ3n) is 6.10. The Morgan fingerprint density at radius 2 is 1.94 bits per heavy atom. The van der Waals surface area contributed by atoms with Gasteiger partial charge in [0.15, 0.2) is 0 Å². The Hall–Kier alpha value is -1.84. The molecule has 2 saturated heterocycles. The lowest BCUT2D eigenvalue weighted by molar-refractivity contribution is -0.158. The maximum absolute atomic E-state index is 12.7. The molecule has 3 rings (SSSR count). The van der Waals surface area contributed by atoms with Crippen LogP contribution in [0.15, 0.2) is 10.6 Å². The number of carbonyl (C=O) groups excluding carboxylic acids is 2. The summed E-state index contributed by atoms with van der Waals surface area (Å²) in [5.41, 5.74) is -5.77. The number of aliphatic carboxylic acids is 1. The molecule has 10 nitrogen and oxygen atoms in total. The van der Waals surface area contributed by atoms with Crippen molar-refractivity contribution >= 4 is 39.6 Å². The van der Waals surface area contributed by atoms with E-state index < -0.39 is 57.4 Å². The molecule has 2 fully saturated rings. The Balaban J connectivity index is 1.78. The quantitative estimate of drug-likeness (QED) is 0.408. The zero-order chi connectivity index (χ0) is 25.0. The molecule has 6 atom stereocenters. The molecule has 0 saturated carbocycles. The van der Waals surface area contributed by atoms with E-state index in [1.807, 2.05) is 0 Å². The third kappa shape index (κ3) is 4.47. The highest BCUT2D eigenvalue weighted by Gasteiger charge is 2.61. The number of alkyl halides is 3. The van der Waals surface area contributed by atoms with Crippen molar-refractivity contribution in [2.24, 2.45) is 11.8 Å². The van der Waals surface area contributed by atoms with Gasteiger partial charge in [-0.15, -0.1) is 11.8 Å². The van der Waals surface area contributed by atoms with Gasteiger partial charge in [-0.2, -0.15) is 13.2 Å². The summed E-state index contributed by atoms with van der Waals surface area (Å²) < 4.78 is 62.7. The average molecular weight is 515 g/mol. The summed E-state index contributed by atoms with van der Waals surface area (Å²) >= 11 is 1.23. The zero-order valence-electron chi connectivity index (χ0n) is 18.2. The van der Waals surface area contributed by atoms with Crippen LogP contribution in [0.25, 0.3) is 0 Å².